The van der Waals surface area contributed by atoms with Crippen molar-refractivity contribution in [3.63, 3.8) is 0 Å². The summed E-state index contributed by atoms with van der Waals surface area (Å²) in [4.78, 5) is 7.96. The van der Waals surface area contributed by atoms with Gasteiger partial charge in [-0.2, -0.15) is 18.2 Å². The van der Waals surface area contributed by atoms with E-state index in [9.17, 15) is 13.2 Å². The topological polar surface area (TPSA) is 68.3 Å². The third-order valence-electron chi connectivity index (χ3n) is 5.65. The van der Waals surface area contributed by atoms with Gasteiger partial charge in [-0.1, -0.05) is 13.3 Å². The molecule has 4 rings (SSSR count). The fraction of sp³-hybridized carbons (Fsp3) is 0.385. The number of nitrogens with one attached hydrogen (secondary N) is 2. The van der Waals surface area contributed by atoms with Gasteiger partial charge in [-0.3, -0.25) is 0 Å². The molecule has 186 valence electrons. The molecule has 1 heterocycles. The van der Waals surface area contributed by atoms with E-state index in [2.05, 4.69) is 20.6 Å². The van der Waals surface area contributed by atoms with Gasteiger partial charge >= 0.3 is 6.18 Å². The summed E-state index contributed by atoms with van der Waals surface area (Å²) in [5.41, 5.74) is 0.145. The van der Waals surface area contributed by atoms with Crippen LogP contribution in [0.2, 0.25) is 0 Å². The summed E-state index contributed by atoms with van der Waals surface area (Å²) in [5, 5.41) is 5.72. The average molecular weight is 487 g/mol. The van der Waals surface area contributed by atoms with Crippen molar-refractivity contribution in [2.75, 3.05) is 17.2 Å². The number of aromatic nitrogens is 2. The Hall–Kier alpha value is -3.49. The second-order valence-corrected chi connectivity index (χ2v) is 8.48. The van der Waals surface area contributed by atoms with Gasteiger partial charge in [0.25, 0.3) is 0 Å². The van der Waals surface area contributed by atoms with Gasteiger partial charge in [0.2, 0.25) is 5.95 Å². The Morgan fingerprint density at radius 1 is 0.886 bits per heavy atom. The highest BCUT2D eigenvalue weighted by Gasteiger charge is 2.35. The van der Waals surface area contributed by atoms with E-state index in [0.29, 0.717) is 29.5 Å². The van der Waals surface area contributed by atoms with Crippen LogP contribution in [0.1, 0.15) is 51.0 Å². The van der Waals surface area contributed by atoms with Crippen LogP contribution in [-0.2, 0) is 6.18 Å². The molecule has 1 aromatic heterocycles. The number of ether oxygens (including phenoxy) is 2. The van der Waals surface area contributed by atoms with Crippen LogP contribution >= 0.6 is 0 Å². The molecule has 0 radical (unpaired) electrons. The van der Waals surface area contributed by atoms with E-state index < -0.39 is 11.7 Å². The molecule has 6 nitrogen and oxygen atoms in total. The number of hydrogen-bond acceptors (Lipinski definition) is 6. The van der Waals surface area contributed by atoms with Gasteiger partial charge in [-0.25, -0.2) is 4.98 Å². The molecule has 0 saturated heterocycles. The smallest absolute Gasteiger partial charge is 0.421 e. The fourth-order valence-electron chi connectivity index (χ4n) is 3.86. The molecule has 1 saturated carbocycles. The van der Waals surface area contributed by atoms with E-state index in [4.69, 9.17) is 9.47 Å². The molecule has 0 aliphatic heterocycles. The SMILES string of the molecule is CCCOc1ccc(Nc2ncc(C(F)(F)F)c(Nc3ccc(OC4CCCCC4)cc3)n2)cc1. The van der Waals surface area contributed by atoms with Gasteiger partial charge in [-0.15, -0.1) is 0 Å². The highest BCUT2D eigenvalue weighted by atomic mass is 19.4. The molecular formula is C26H29F3N4O2. The van der Waals surface area contributed by atoms with Crippen LogP contribution < -0.4 is 20.1 Å². The van der Waals surface area contributed by atoms with E-state index >= 15 is 0 Å². The van der Waals surface area contributed by atoms with Crippen LogP contribution in [0.4, 0.5) is 36.3 Å². The Morgan fingerprint density at radius 3 is 2.14 bits per heavy atom. The third kappa shape index (κ3) is 7.00. The number of nitrogens with zero attached hydrogens (tertiary/aromatic N) is 2. The fourth-order valence-corrected chi connectivity index (χ4v) is 3.86. The van der Waals surface area contributed by atoms with Crippen LogP contribution in [0.25, 0.3) is 0 Å². The number of hydrogen-bond donors (Lipinski definition) is 2. The minimum absolute atomic E-state index is 0.0416. The monoisotopic (exact) mass is 486 g/mol. The molecule has 0 atom stereocenters. The molecule has 35 heavy (non-hydrogen) atoms. The summed E-state index contributed by atoms with van der Waals surface area (Å²) in [6.07, 6.45) is 2.86. The van der Waals surface area contributed by atoms with Crippen LogP contribution in [-0.4, -0.2) is 22.7 Å². The zero-order valence-electron chi connectivity index (χ0n) is 19.6. The van der Waals surface area contributed by atoms with E-state index in [1.54, 1.807) is 48.5 Å². The molecule has 1 aliphatic rings. The van der Waals surface area contributed by atoms with Gasteiger partial charge in [0.05, 0.1) is 12.7 Å². The first-order valence-corrected chi connectivity index (χ1v) is 11.9. The van der Waals surface area contributed by atoms with Crippen LogP contribution in [0, 0.1) is 0 Å². The summed E-state index contributed by atoms with van der Waals surface area (Å²) in [6.45, 7) is 2.63. The summed E-state index contributed by atoms with van der Waals surface area (Å²) in [7, 11) is 0. The molecule has 0 bridgehead atoms. The van der Waals surface area contributed by atoms with E-state index in [0.717, 1.165) is 38.3 Å². The lowest BCUT2D eigenvalue weighted by Crippen LogP contribution is -2.19. The predicted octanol–water partition coefficient (Wildman–Crippen LogP) is 7.48. The summed E-state index contributed by atoms with van der Waals surface area (Å²) in [6, 6.07) is 13.9. The van der Waals surface area contributed by atoms with Crippen molar-refractivity contribution in [2.45, 2.75) is 57.7 Å². The van der Waals surface area contributed by atoms with E-state index in [-0.39, 0.29) is 17.9 Å². The van der Waals surface area contributed by atoms with Crippen molar-refractivity contribution in [2.24, 2.45) is 0 Å². The maximum Gasteiger partial charge on any atom is 0.421 e. The molecule has 2 aromatic carbocycles. The van der Waals surface area contributed by atoms with Gasteiger partial charge in [0.15, 0.2) is 0 Å². The highest BCUT2D eigenvalue weighted by molar-refractivity contribution is 5.63. The van der Waals surface area contributed by atoms with Gasteiger partial charge < -0.3 is 20.1 Å². The average Bonchev–Trinajstić information content (AvgIpc) is 2.85. The Kier molecular flexibility index (Phi) is 7.94. The molecule has 1 fully saturated rings. The molecule has 0 spiro atoms. The van der Waals surface area contributed by atoms with Gasteiger partial charge in [0.1, 0.15) is 22.9 Å². The molecule has 0 unspecified atom stereocenters. The highest BCUT2D eigenvalue weighted by Crippen LogP contribution is 2.36. The first kappa shape index (κ1) is 24.6. The molecule has 0 amide bonds. The van der Waals surface area contributed by atoms with Crippen LogP contribution in [0.15, 0.2) is 54.7 Å². The maximum atomic E-state index is 13.6. The number of benzene rings is 2. The quantitative estimate of drug-likeness (QED) is 0.327. The van der Waals surface area contributed by atoms with Gasteiger partial charge in [-0.05, 0) is 80.6 Å². The van der Waals surface area contributed by atoms with E-state index in [1.165, 1.54) is 6.42 Å². The summed E-state index contributed by atoms with van der Waals surface area (Å²) < 4.78 is 52.4. The summed E-state index contributed by atoms with van der Waals surface area (Å²) >= 11 is 0. The van der Waals surface area contributed by atoms with Crippen molar-refractivity contribution >= 4 is 23.1 Å². The van der Waals surface area contributed by atoms with Crippen LogP contribution in [0.3, 0.4) is 0 Å². The standard InChI is InChI=1S/C26H29F3N4O2/c1-2-16-34-20-12-8-19(9-13-20)32-25-30-17-23(26(27,28)29)24(33-25)31-18-10-14-22(15-11-18)35-21-6-4-3-5-7-21/h8-15,17,21H,2-7,16H2,1H3,(H2,30,31,32,33). The lowest BCUT2D eigenvalue weighted by molar-refractivity contribution is -0.137. The lowest BCUT2D eigenvalue weighted by Gasteiger charge is -2.23. The maximum absolute atomic E-state index is 13.6. The third-order valence-corrected chi connectivity index (χ3v) is 5.65. The molecule has 1 aliphatic carbocycles. The Labute approximate surface area is 202 Å². The largest absolute Gasteiger partial charge is 0.494 e. The summed E-state index contributed by atoms with van der Waals surface area (Å²) in [5.74, 6) is 1.12. The van der Waals surface area contributed by atoms with Crippen molar-refractivity contribution < 1.29 is 22.6 Å². The number of rotatable bonds is 9. The predicted molar refractivity (Wildman–Crippen MR) is 130 cm³/mol. The first-order chi connectivity index (χ1) is 16.9. The number of alkyl halides is 3. The zero-order chi connectivity index (χ0) is 24.7. The minimum Gasteiger partial charge on any atom is -0.494 e. The second kappa shape index (κ2) is 11.3. The first-order valence-electron chi connectivity index (χ1n) is 11.9. The Balaban J connectivity index is 1.48. The van der Waals surface area contributed by atoms with E-state index in [1.807, 2.05) is 6.92 Å². The Morgan fingerprint density at radius 2 is 1.51 bits per heavy atom. The van der Waals surface area contributed by atoms with Gasteiger partial charge in [0, 0.05) is 17.6 Å². The normalized spacial score (nSPS) is 14.4. The second-order valence-electron chi connectivity index (χ2n) is 8.48. The molecular weight excluding hydrogens is 457 g/mol. The zero-order valence-corrected chi connectivity index (χ0v) is 19.6. The Bertz CT molecular complexity index is 1080. The minimum atomic E-state index is -4.61. The van der Waals surface area contributed by atoms with Crippen molar-refractivity contribution in [1.82, 2.24) is 9.97 Å². The number of halogens is 3. The number of anilines is 4. The van der Waals surface area contributed by atoms with Crippen molar-refractivity contribution in [3.8, 4) is 11.5 Å². The van der Waals surface area contributed by atoms with Crippen molar-refractivity contribution in [3.05, 3.63) is 60.3 Å². The molecule has 2 N–H and O–H groups in total. The lowest BCUT2D eigenvalue weighted by atomic mass is 9.98. The molecule has 3 aromatic rings. The van der Waals surface area contributed by atoms with Crippen LogP contribution in [0.5, 0.6) is 11.5 Å². The van der Waals surface area contributed by atoms with Crippen molar-refractivity contribution in [1.29, 1.82) is 0 Å². The molecule has 9 heteroatoms.